The first-order valence-corrected chi connectivity index (χ1v) is 7.09. The van der Waals surface area contributed by atoms with Crippen molar-refractivity contribution in [2.45, 2.75) is 19.3 Å². The Morgan fingerprint density at radius 3 is 2.79 bits per heavy atom. The standard InChI is InChI=1S/C15H20N4/c1-4-9-19(10-5-1)11-8-16-15-13-6-2-3-7-14(13)17-12-18-15/h2-3,6-7,12H,1,4-5,8-11H2,(H,16,17,18). The van der Waals surface area contributed by atoms with Crippen LogP contribution in [0.5, 0.6) is 0 Å². The number of nitrogens with zero attached hydrogens (tertiary/aromatic N) is 3. The van der Waals surface area contributed by atoms with Gasteiger partial charge in [-0.1, -0.05) is 18.6 Å². The van der Waals surface area contributed by atoms with Crippen molar-refractivity contribution in [3.8, 4) is 0 Å². The van der Waals surface area contributed by atoms with Crippen molar-refractivity contribution in [2.24, 2.45) is 0 Å². The number of nitrogens with one attached hydrogen (secondary N) is 1. The monoisotopic (exact) mass is 256 g/mol. The van der Waals surface area contributed by atoms with E-state index in [4.69, 9.17) is 0 Å². The molecule has 4 nitrogen and oxygen atoms in total. The summed E-state index contributed by atoms with van der Waals surface area (Å²) in [6, 6.07) is 8.12. The number of hydrogen-bond acceptors (Lipinski definition) is 4. The topological polar surface area (TPSA) is 41.0 Å². The van der Waals surface area contributed by atoms with Gasteiger partial charge in [-0.05, 0) is 38.1 Å². The molecule has 1 fully saturated rings. The Kier molecular flexibility index (Phi) is 3.89. The molecule has 1 aromatic heterocycles. The minimum absolute atomic E-state index is 0.945. The van der Waals surface area contributed by atoms with Crippen molar-refractivity contribution < 1.29 is 0 Å². The molecule has 4 heteroatoms. The number of anilines is 1. The van der Waals surface area contributed by atoms with E-state index in [1.54, 1.807) is 6.33 Å². The third-order valence-electron chi connectivity index (χ3n) is 3.71. The van der Waals surface area contributed by atoms with Crippen molar-refractivity contribution in [2.75, 3.05) is 31.5 Å². The molecule has 2 aromatic rings. The minimum Gasteiger partial charge on any atom is -0.368 e. The second-order valence-corrected chi connectivity index (χ2v) is 5.07. The summed E-state index contributed by atoms with van der Waals surface area (Å²) in [5, 5.41) is 4.54. The minimum atomic E-state index is 0.945. The molecule has 1 aromatic carbocycles. The van der Waals surface area contributed by atoms with Crippen LogP contribution in [0.25, 0.3) is 10.9 Å². The quantitative estimate of drug-likeness (QED) is 0.912. The highest BCUT2D eigenvalue weighted by Gasteiger charge is 2.09. The van der Waals surface area contributed by atoms with Gasteiger partial charge in [0.15, 0.2) is 0 Å². The van der Waals surface area contributed by atoms with Gasteiger partial charge < -0.3 is 10.2 Å². The van der Waals surface area contributed by atoms with Crippen LogP contribution >= 0.6 is 0 Å². The number of aromatic nitrogens is 2. The van der Waals surface area contributed by atoms with Gasteiger partial charge in [0.25, 0.3) is 0 Å². The Morgan fingerprint density at radius 1 is 1.05 bits per heavy atom. The van der Waals surface area contributed by atoms with E-state index in [1.165, 1.54) is 32.4 Å². The lowest BCUT2D eigenvalue weighted by molar-refractivity contribution is 0.237. The molecule has 0 saturated carbocycles. The fourth-order valence-electron chi connectivity index (χ4n) is 2.66. The number of fused-ring (bicyclic) bond motifs is 1. The normalized spacial score (nSPS) is 16.6. The van der Waals surface area contributed by atoms with Crippen LogP contribution < -0.4 is 5.32 Å². The average Bonchev–Trinajstić information content (AvgIpc) is 2.49. The molecular formula is C15H20N4. The van der Waals surface area contributed by atoms with E-state index in [0.29, 0.717) is 0 Å². The number of likely N-dealkylation sites (tertiary alicyclic amines) is 1. The number of benzene rings is 1. The summed E-state index contributed by atoms with van der Waals surface area (Å²) in [7, 11) is 0. The third-order valence-corrected chi connectivity index (χ3v) is 3.71. The first kappa shape index (κ1) is 12.4. The maximum absolute atomic E-state index is 4.35. The maximum atomic E-state index is 4.35. The molecule has 19 heavy (non-hydrogen) atoms. The second-order valence-electron chi connectivity index (χ2n) is 5.07. The maximum Gasteiger partial charge on any atom is 0.137 e. The number of para-hydroxylation sites is 1. The van der Waals surface area contributed by atoms with E-state index in [-0.39, 0.29) is 0 Å². The van der Waals surface area contributed by atoms with Gasteiger partial charge in [0, 0.05) is 18.5 Å². The van der Waals surface area contributed by atoms with E-state index >= 15 is 0 Å². The second kappa shape index (κ2) is 5.97. The lowest BCUT2D eigenvalue weighted by Gasteiger charge is -2.26. The van der Waals surface area contributed by atoms with Crippen LogP contribution in [0.15, 0.2) is 30.6 Å². The molecule has 1 aliphatic rings. The highest BCUT2D eigenvalue weighted by atomic mass is 15.1. The van der Waals surface area contributed by atoms with Crippen molar-refractivity contribution in [3.63, 3.8) is 0 Å². The summed E-state index contributed by atoms with van der Waals surface area (Å²) in [4.78, 5) is 11.2. The lowest BCUT2D eigenvalue weighted by Crippen LogP contribution is -2.33. The average molecular weight is 256 g/mol. The van der Waals surface area contributed by atoms with Crippen LogP contribution in [0.3, 0.4) is 0 Å². The van der Waals surface area contributed by atoms with Gasteiger partial charge in [-0.15, -0.1) is 0 Å². The lowest BCUT2D eigenvalue weighted by atomic mass is 10.1. The van der Waals surface area contributed by atoms with Gasteiger partial charge in [-0.3, -0.25) is 0 Å². The van der Waals surface area contributed by atoms with E-state index < -0.39 is 0 Å². The Labute approximate surface area is 113 Å². The third kappa shape index (κ3) is 3.01. The fourth-order valence-corrected chi connectivity index (χ4v) is 2.66. The molecule has 0 amide bonds. The Bertz CT molecular complexity index is 529. The highest BCUT2D eigenvalue weighted by Crippen LogP contribution is 2.18. The SMILES string of the molecule is c1ccc2c(NCCN3CCCCC3)ncnc2c1. The van der Waals surface area contributed by atoms with Crippen LogP contribution in [0.1, 0.15) is 19.3 Å². The molecule has 3 rings (SSSR count). The molecule has 0 atom stereocenters. The first-order chi connectivity index (χ1) is 9.43. The summed E-state index contributed by atoms with van der Waals surface area (Å²) in [5.41, 5.74) is 0.998. The van der Waals surface area contributed by atoms with E-state index in [0.717, 1.165) is 29.8 Å². The van der Waals surface area contributed by atoms with E-state index in [1.807, 2.05) is 18.2 Å². The van der Waals surface area contributed by atoms with Gasteiger partial charge in [0.1, 0.15) is 12.1 Å². The van der Waals surface area contributed by atoms with Crippen LogP contribution in [-0.2, 0) is 0 Å². The molecule has 0 spiro atoms. The zero-order chi connectivity index (χ0) is 12.9. The van der Waals surface area contributed by atoms with Gasteiger partial charge in [-0.2, -0.15) is 0 Å². The first-order valence-electron chi connectivity index (χ1n) is 7.09. The smallest absolute Gasteiger partial charge is 0.137 e. The summed E-state index contributed by atoms with van der Waals surface area (Å²) < 4.78 is 0. The summed E-state index contributed by atoms with van der Waals surface area (Å²) in [5.74, 6) is 0.947. The number of hydrogen-bond donors (Lipinski definition) is 1. The highest BCUT2D eigenvalue weighted by molar-refractivity contribution is 5.88. The van der Waals surface area contributed by atoms with Crippen LogP contribution in [-0.4, -0.2) is 41.0 Å². The summed E-state index contributed by atoms with van der Waals surface area (Å²) in [6.07, 6.45) is 5.71. The molecule has 1 aliphatic heterocycles. The van der Waals surface area contributed by atoms with E-state index in [2.05, 4.69) is 26.3 Å². The van der Waals surface area contributed by atoms with Crippen molar-refractivity contribution in [1.82, 2.24) is 14.9 Å². The van der Waals surface area contributed by atoms with Crippen LogP contribution in [0, 0.1) is 0 Å². The zero-order valence-corrected chi connectivity index (χ0v) is 11.2. The predicted octanol–water partition coefficient (Wildman–Crippen LogP) is 2.53. The van der Waals surface area contributed by atoms with Crippen molar-refractivity contribution in [3.05, 3.63) is 30.6 Å². The predicted molar refractivity (Wildman–Crippen MR) is 78.3 cm³/mol. The summed E-state index contributed by atoms with van der Waals surface area (Å²) in [6.45, 7) is 4.53. The van der Waals surface area contributed by atoms with Gasteiger partial charge in [-0.25, -0.2) is 9.97 Å². The number of piperidine rings is 1. The van der Waals surface area contributed by atoms with Gasteiger partial charge >= 0.3 is 0 Å². The fraction of sp³-hybridized carbons (Fsp3) is 0.467. The van der Waals surface area contributed by atoms with Crippen molar-refractivity contribution >= 4 is 16.7 Å². The van der Waals surface area contributed by atoms with Crippen LogP contribution in [0.4, 0.5) is 5.82 Å². The van der Waals surface area contributed by atoms with Crippen molar-refractivity contribution in [1.29, 1.82) is 0 Å². The molecule has 2 heterocycles. The largest absolute Gasteiger partial charge is 0.368 e. The number of rotatable bonds is 4. The van der Waals surface area contributed by atoms with Gasteiger partial charge in [0.05, 0.1) is 5.52 Å². The zero-order valence-electron chi connectivity index (χ0n) is 11.2. The molecular weight excluding hydrogens is 236 g/mol. The van der Waals surface area contributed by atoms with E-state index in [9.17, 15) is 0 Å². The Morgan fingerprint density at radius 2 is 1.89 bits per heavy atom. The molecule has 1 saturated heterocycles. The molecule has 0 bridgehead atoms. The Balaban J connectivity index is 1.62. The molecule has 0 unspecified atom stereocenters. The molecule has 0 radical (unpaired) electrons. The summed E-state index contributed by atoms with van der Waals surface area (Å²) >= 11 is 0. The van der Waals surface area contributed by atoms with Gasteiger partial charge in [0.2, 0.25) is 0 Å². The van der Waals surface area contributed by atoms with Crippen LogP contribution in [0.2, 0.25) is 0 Å². The molecule has 0 aliphatic carbocycles. The Hall–Kier alpha value is -1.68. The molecule has 100 valence electrons. The molecule has 1 N–H and O–H groups in total.